The van der Waals surface area contributed by atoms with Crippen LogP contribution in [0.5, 0.6) is 0 Å². The van der Waals surface area contributed by atoms with Crippen molar-refractivity contribution in [2.75, 3.05) is 0 Å². The SMILES string of the molecule is CC(C)Sc1nc2c([nH]1)CN(C(=O)OC(C)(C)C)C2. The second kappa shape index (κ2) is 5.07. The maximum atomic E-state index is 11.9. The number of amides is 1. The van der Waals surface area contributed by atoms with Gasteiger partial charge in [-0.05, 0) is 20.8 Å². The van der Waals surface area contributed by atoms with E-state index in [1.54, 1.807) is 16.7 Å². The number of aromatic amines is 1. The summed E-state index contributed by atoms with van der Waals surface area (Å²) in [5, 5.41) is 1.43. The average Bonchev–Trinajstić information content (AvgIpc) is 2.70. The van der Waals surface area contributed by atoms with Crippen LogP contribution < -0.4 is 0 Å². The first kappa shape index (κ1) is 14.2. The van der Waals surface area contributed by atoms with E-state index in [0.29, 0.717) is 18.3 Å². The number of imidazole rings is 1. The number of hydrogen-bond acceptors (Lipinski definition) is 4. The first-order chi connectivity index (χ1) is 8.74. The van der Waals surface area contributed by atoms with E-state index in [9.17, 15) is 4.79 Å². The number of H-pyrrole nitrogens is 1. The Morgan fingerprint density at radius 2 is 2.11 bits per heavy atom. The van der Waals surface area contributed by atoms with Crippen molar-refractivity contribution in [3.63, 3.8) is 0 Å². The number of nitrogens with zero attached hydrogens (tertiary/aromatic N) is 2. The molecular weight excluding hydrogens is 262 g/mol. The third-order valence-corrected chi connectivity index (χ3v) is 3.42. The first-order valence-corrected chi connectivity index (χ1v) is 7.35. The third-order valence-electron chi connectivity index (χ3n) is 2.53. The van der Waals surface area contributed by atoms with Crippen LogP contribution in [0.2, 0.25) is 0 Å². The molecule has 0 radical (unpaired) electrons. The lowest BCUT2D eigenvalue weighted by molar-refractivity contribution is 0.0238. The minimum Gasteiger partial charge on any atom is -0.444 e. The van der Waals surface area contributed by atoms with Crippen LogP contribution in [0.1, 0.15) is 46.0 Å². The summed E-state index contributed by atoms with van der Waals surface area (Å²) in [7, 11) is 0. The van der Waals surface area contributed by atoms with Gasteiger partial charge in [-0.25, -0.2) is 9.78 Å². The minimum atomic E-state index is -0.459. The minimum absolute atomic E-state index is 0.281. The Hall–Kier alpha value is -1.17. The molecule has 1 N–H and O–H groups in total. The molecule has 0 fully saturated rings. The monoisotopic (exact) mass is 283 g/mol. The Morgan fingerprint density at radius 3 is 2.63 bits per heavy atom. The quantitative estimate of drug-likeness (QED) is 0.847. The summed E-state index contributed by atoms with van der Waals surface area (Å²) in [5.41, 5.74) is 1.52. The molecule has 0 aromatic carbocycles. The summed E-state index contributed by atoms with van der Waals surface area (Å²) >= 11 is 1.70. The van der Waals surface area contributed by atoms with Gasteiger partial charge in [0.15, 0.2) is 5.16 Å². The molecular formula is C13H21N3O2S. The number of thioether (sulfide) groups is 1. The molecule has 0 saturated heterocycles. The van der Waals surface area contributed by atoms with Crippen LogP contribution in [0.25, 0.3) is 0 Å². The van der Waals surface area contributed by atoms with E-state index in [0.717, 1.165) is 16.5 Å². The highest BCUT2D eigenvalue weighted by atomic mass is 32.2. The fraction of sp³-hybridized carbons (Fsp3) is 0.692. The lowest BCUT2D eigenvalue weighted by Gasteiger charge is -2.24. The van der Waals surface area contributed by atoms with Crippen molar-refractivity contribution in [1.29, 1.82) is 0 Å². The van der Waals surface area contributed by atoms with Gasteiger partial charge in [0.1, 0.15) is 5.60 Å². The summed E-state index contributed by atoms with van der Waals surface area (Å²) in [4.78, 5) is 21.4. The van der Waals surface area contributed by atoms with Crippen LogP contribution in [0.15, 0.2) is 5.16 Å². The summed E-state index contributed by atoms with van der Waals surface area (Å²) in [6, 6.07) is 0. The van der Waals surface area contributed by atoms with Crippen LogP contribution in [0, 0.1) is 0 Å². The van der Waals surface area contributed by atoms with Crippen LogP contribution >= 0.6 is 11.8 Å². The van der Waals surface area contributed by atoms with Crippen molar-refractivity contribution in [3.8, 4) is 0 Å². The van der Waals surface area contributed by atoms with Gasteiger partial charge < -0.3 is 9.72 Å². The van der Waals surface area contributed by atoms with E-state index >= 15 is 0 Å². The zero-order valence-electron chi connectivity index (χ0n) is 12.1. The number of carbonyl (C=O) groups excluding carboxylic acids is 1. The van der Waals surface area contributed by atoms with Crippen LogP contribution in [0.4, 0.5) is 4.79 Å². The van der Waals surface area contributed by atoms with Gasteiger partial charge >= 0.3 is 6.09 Å². The molecule has 19 heavy (non-hydrogen) atoms. The molecule has 5 nitrogen and oxygen atoms in total. The average molecular weight is 283 g/mol. The van der Waals surface area contributed by atoms with Gasteiger partial charge in [-0.1, -0.05) is 25.6 Å². The fourth-order valence-corrected chi connectivity index (χ4v) is 2.63. The van der Waals surface area contributed by atoms with Crippen molar-refractivity contribution in [1.82, 2.24) is 14.9 Å². The molecule has 106 valence electrons. The maximum Gasteiger partial charge on any atom is 0.410 e. The fourth-order valence-electron chi connectivity index (χ4n) is 1.84. The lowest BCUT2D eigenvalue weighted by Crippen LogP contribution is -2.33. The standard InChI is InChI=1S/C13H21N3O2S/c1-8(2)19-11-14-9-6-16(7-10(9)15-11)12(17)18-13(3,4)5/h8H,6-7H2,1-5H3,(H,14,15). The van der Waals surface area contributed by atoms with E-state index in [1.807, 2.05) is 20.8 Å². The molecule has 0 unspecified atom stereocenters. The molecule has 0 saturated carbocycles. The van der Waals surface area contributed by atoms with Gasteiger partial charge in [0.05, 0.1) is 24.5 Å². The Bertz CT molecular complexity index is 453. The van der Waals surface area contributed by atoms with Crippen LogP contribution in [0.3, 0.4) is 0 Å². The van der Waals surface area contributed by atoms with Crippen molar-refractivity contribution >= 4 is 17.9 Å². The maximum absolute atomic E-state index is 11.9. The van der Waals surface area contributed by atoms with Gasteiger partial charge in [-0.3, -0.25) is 4.90 Å². The topological polar surface area (TPSA) is 58.2 Å². The van der Waals surface area contributed by atoms with E-state index in [-0.39, 0.29) is 6.09 Å². The summed E-state index contributed by atoms with van der Waals surface area (Å²) in [6.07, 6.45) is -0.281. The van der Waals surface area contributed by atoms with E-state index in [4.69, 9.17) is 4.74 Å². The van der Waals surface area contributed by atoms with Crippen molar-refractivity contribution in [2.24, 2.45) is 0 Å². The highest BCUT2D eigenvalue weighted by molar-refractivity contribution is 7.99. The van der Waals surface area contributed by atoms with Gasteiger partial charge in [0.2, 0.25) is 0 Å². The molecule has 0 atom stereocenters. The molecule has 0 aliphatic carbocycles. The Kier molecular flexibility index (Phi) is 3.80. The van der Waals surface area contributed by atoms with Gasteiger partial charge in [-0.15, -0.1) is 0 Å². The van der Waals surface area contributed by atoms with Crippen LogP contribution in [-0.2, 0) is 17.8 Å². The van der Waals surface area contributed by atoms with Crippen molar-refractivity contribution < 1.29 is 9.53 Å². The number of ether oxygens (including phenoxy) is 1. The molecule has 1 aromatic rings. The molecule has 6 heteroatoms. The molecule has 0 bridgehead atoms. The number of carbonyl (C=O) groups is 1. The third kappa shape index (κ3) is 3.65. The molecule has 1 aromatic heterocycles. The van der Waals surface area contributed by atoms with Gasteiger partial charge in [0, 0.05) is 5.25 Å². The highest BCUT2D eigenvalue weighted by Crippen LogP contribution is 2.27. The predicted octanol–water partition coefficient (Wildman–Crippen LogP) is 3.16. The zero-order valence-corrected chi connectivity index (χ0v) is 12.9. The largest absolute Gasteiger partial charge is 0.444 e. The van der Waals surface area contributed by atoms with Crippen molar-refractivity contribution in [2.45, 2.75) is 63.7 Å². The summed E-state index contributed by atoms with van der Waals surface area (Å²) in [6.45, 7) is 11.0. The molecule has 2 rings (SSSR count). The molecule has 1 aliphatic rings. The Balaban J connectivity index is 1.98. The number of fused-ring (bicyclic) bond motifs is 1. The van der Waals surface area contributed by atoms with Gasteiger partial charge in [0.25, 0.3) is 0 Å². The zero-order chi connectivity index (χ0) is 14.2. The molecule has 2 heterocycles. The van der Waals surface area contributed by atoms with E-state index in [1.165, 1.54) is 0 Å². The number of aromatic nitrogens is 2. The normalized spacial score (nSPS) is 14.9. The smallest absolute Gasteiger partial charge is 0.410 e. The Labute approximate surface area is 118 Å². The van der Waals surface area contributed by atoms with E-state index in [2.05, 4.69) is 23.8 Å². The summed E-state index contributed by atoms with van der Waals surface area (Å²) < 4.78 is 5.36. The molecule has 0 spiro atoms. The highest BCUT2D eigenvalue weighted by Gasteiger charge is 2.30. The predicted molar refractivity (Wildman–Crippen MR) is 75.1 cm³/mol. The first-order valence-electron chi connectivity index (χ1n) is 6.47. The Morgan fingerprint density at radius 1 is 1.42 bits per heavy atom. The lowest BCUT2D eigenvalue weighted by atomic mass is 10.2. The number of rotatable bonds is 2. The van der Waals surface area contributed by atoms with Crippen LogP contribution in [-0.4, -0.2) is 31.8 Å². The second-order valence-corrected chi connectivity index (χ2v) is 7.54. The number of nitrogens with one attached hydrogen (secondary N) is 1. The van der Waals surface area contributed by atoms with Gasteiger partial charge in [-0.2, -0.15) is 0 Å². The van der Waals surface area contributed by atoms with E-state index < -0.39 is 5.60 Å². The second-order valence-electron chi connectivity index (χ2n) is 5.97. The summed E-state index contributed by atoms with van der Waals surface area (Å²) in [5.74, 6) is 0. The molecule has 1 aliphatic heterocycles. The number of hydrogen-bond donors (Lipinski definition) is 1. The molecule has 1 amide bonds. The van der Waals surface area contributed by atoms with Crippen molar-refractivity contribution in [3.05, 3.63) is 11.4 Å².